The summed E-state index contributed by atoms with van der Waals surface area (Å²) in [7, 11) is 0. The van der Waals surface area contributed by atoms with Crippen molar-refractivity contribution in [3.8, 4) is 0 Å². The van der Waals surface area contributed by atoms with Gasteiger partial charge in [0.1, 0.15) is 16.8 Å². The zero-order chi connectivity index (χ0) is 38.5. The highest BCUT2D eigenvalue weighted by Crippen LogP contribution is 2.21. The molecule has 0 aromatic heterocycles. The number of nitrogens with two attached hydrogens (primary N) is 1. The van der Waals surface area contributed by atoms with Crippen molar-refractivity contribution in [2.45, 2.75) is 157 Å². The molecule has 4 N–H and O–H groups in total. The molecule has 0 aliphatic heterocycles. The molecule has 4 atom stereocenters. The second-order valence-electron chi connectivity index (χ2n) is 15.7. The largest absolute Gasteiger partial charge is 0.460 e. The maximum atomic E-state index is 13.7. The highest BCUT2D eigenvalue weighted by atomic mass is 16.6. The smallest absolute Gasteiger partial charge is 0.308 e. The molecule has 0 heterocycles. The van der Waals surface area contributed by atoms with Gasteiger partial charge in [-0.1, -0.05) is 20.8 Å². The van der Waals surface area contributed by atoms with Crippen LogP contribution in [0.3, 0.4) is 0 Å². The third-order valence-corrected chi connectivity index (χ3v) is 6.78. The summed E-state index contributed by atoms with van der Waals surface area (Å²) in [6, 6.07) is -2.57. The molecule has 14 nitrogen and oxygen atoms in total. The number of ketones is 2. The molecule has 0 aromatic rings. The molecule has 0 saturated heterocycles. The third kappa shape index (κ3) is 21.0. The van der Waals surface area contributed by atoms with Crippen molar-refractivity contribution < 1.29 is 52.6 Å². The number of carbonyl (C=O) groups is 8. The Labute approximate surface area is 290 Å². The summed E-state index contributed by atoms with van der Waals surface area (Å²) in [5.41, 5.74) is 2.78. The van der Waals surface area contributed by atoms with Crippen molar-refractivity contribution in [3.63, 3.8) is 0 Å². The van der Waals surface area contributed by atoms with Gasteiger partial charge in [0.2, 0.25) is 17.7 Å². The first-order valence-corrected chi connectivity index (χ1v) is 16.7. The Balaban J connectivity index is 6.12. The number of Topliss-reactive ketones (excluding diaryl/α,β-unsaturated/α-hetero) is 2. The summed E-state index contributed by atoms with van der Waals surface area (Å²) >= 11 is 0. The maximum absolute atomic E-state index is 13.7. The van der Waals surface area contributed by atoms with Gasteiger partial charge in [-0.2, -0.15) is 0 Å². The van der Waals surface area contributed by atoms with Crippen LogP contribution in [0.15, 0.2) is 0 Å². The molecule has 14 heteroatoms. The lowest BCUT2D eigenvalue weighted by Gasteiger charge is -2.27. The lowest BCUT2D eigenvalue weighted by molar-refractivity contribution is -0.158. The van der Waals surface area contributed by atoms with Crippen LogP contribution in [-0.2, 0) is 52.6 Å². The molecular weight excluding hydrogens is 638 g/mol. The summed E-state index contributed by atoms with van der Waals surface area (Å²) in [6.45, 7) is 19.9. The third-order valence-electron chi connectivity index (χ3n) is 6.78. The average molecular weight is 698 g/mol. The Hall–Kier alpha value is -3.84. The van der Waals surface area contributed by atoms with Crippen LogP contribution in [0.5, 0.6) is 0 Å². The van der Waals surface area contributed by atoms with Crippen molar-refractivity contribution in [2.75, 3.05) is 0 Å². The number of ether oxygens (including phenoxy) is 3. The van der Waals surface area contributed by atoms with Gasteiger partial charge in [-0.25, -0.2) is 0 Å². The van der Waals surface area contributed by atoms with E-state index in [0.717, 1.165) is 0 Å². The van der Waals surface area contributed by atoms with Crippen molar-refractivity contribution in [1.82, 2.24) is 10.6 Å². The number of hydrogen-bond donors (Lipinski definition) is 3. The van der Waals surface area contributed by atoms with Crippen LogP contribution in [0.4, 0.5) is 0 Å². The maximum Gasteiger partial charge on any atom is 0.308 e. The normalized spacial score (nSPS) is 14.5. The van der Waals surface area contributed by atoms with Gasteiger partial charge in [0.15, 0.2) is 11.6 Å². The molecule has 0 saturated carbocycles. The Morgan fingerprint density at radius 1 is 0.551 bits per heavy atom. The molecule has 49 heavy (non-hydrogen) atoms. The Kier molecular flexibility index (Phi) is 17.9. The van der Waals surface area contributed by atoms with Gasteiger partial charge in [-0.05, 0) is 74.7 Å². The number of rotatable bonds is 19. The molecule has 0 aliphatic rings. The lowest BCUT2D eigenvalue weighted by atomic mass is 9.86. The molecule has 3 amide bonds. The predicted octanol–water partition coefficient (Wildman–Crippen LogP) is 3.24. The van der Waals surface area contributed by atoms with Crippen LogP contribution < -0.4 is 16.4 Å². The van der Waals surface area contributed by atoms with E-state index in [-0.39, 0.29) is 32.1 Å². The van der Waals surface area contributed by atoms with Crippen molar-refractivity contribution >= 4 is 47.2 Å². The van der Waals surface area contributed by atoms with Gasteiger partial charge in [0.25, 0.3) is 0 Å². The van der Waals surface area contributed by atoms with Gasteiger partial charge < -0.3 is 30.6 Å². The topological polar surface area (TPSA) is 214 Å². The van der Waals surface area contributed by atoms with Gasteiger partial charge >= 0.3 is 17.9 Å². The SMILES string of the molecule is CC(C)[C@H](CC(=O)[C@H](CCC(=O)OC(C)(C)C)NC(=O)[C@@H](C)CC(=O)OC(C)(C)C)C(=O)N[C@@H](CC(=O)OC(C)(C)C)C(=O)CCC(N)=O. The molecule has 0 spiro atoms. The molecule has 0 aromatic carbocycles. The Bertz CT molecular complexity index is 1210. The number of carbonyl (C=O) groups excluding carboxylic acids is 8. The van der Waals surface area contributed by atoms with E-state index >= 15 is 0 Å². The first kappa shape index (κ1) is 45.2. The van der Waals surface area contributed by atoms with Crippen molar-refractivity contribution in [3.05, 3.63) is 0 Å². The Morgan fingerprint density at radius 3 is 1.45 bits per heavy atom. The minimum Gasteiger partial charge on any atom is -0.460 e. The van der Waals surface area contributed by atoms with Crippen LogP contribution >= 0.6 is 0 Å². The quantitative estimate of drug-likeness (QED) is 0.132. The number of primary amides is 1. The van der Waals surface area contributed by atoms with Gasteiger partial charge in [0.05, 0.1) is 24.9 Å². The zero-order valence-electron chi connectivity index (χ0n) is 31.4. The van der Waals surface area contributed by atoms with Crippen LogP contribution in [0.1, 0.15) is 128 Å². The van der Waals surface area contributed by atoms with Gasteiger partial charge in [-0.15, -0.1) is 0 Å². The first-order valence-electron chi connectivity index (χ1n) is 16.7. The van der Waals surface area contributed by atoms with E-state index in [0.29, 0.717) is 0 Å². The van der Waals surface area contributed by atoms with Crippen LogP contribution in [-0.4, -0.2) is 76.1 Å². The average Bonchev–Trinajstić information content (AvgIpc) is 2.88. The molecule has 0 radical (unpaired) electrons. The molecule has 280 valence electrons. The van der Waals surface area contributed by atoms with E-state index in [1.165, 1.54) is 6.92 Å². The summed E-state index contributed by atoms with van der Waals surface area (Å²) < 4.78 is 16.0. The number of nitrogens with one attached hydrogen (secondary N) is 2. The number of hydrogen-bond acceptors (Lipinski definition) is 11. The van der Waals surface area contributed by atoms with E-state index in [4.69, 9.17) is 19.9 Å². The Morgan fingerprint density at radius 2 is 1.00 bits per heavy atom. The highest BCUT2D eigenvalue weighted by molar-refractivity contribution is 5.97. The molecule has 0 fully saturated rings. The first-order chi connectivity index (χ1) is 22.1. The van der Waals surface area contributed by atoms with E-state index in [2.05, 4.69) is 10.6 Å². The fourth-order valence-electron chi connectivity index (χ4n) is 4.49. The second-order valence-corrected chi connectivity index (χ2v) is 15.7. The van der Waals surface area contributed by atoms with Crippen LogP contribution in [0, 0.1) is 17.8 Å². The van der Waals surface area contributed by atoms with Crippen molar-refractivity contribution in [1.29, 1.82) is 0 Å². The van der Waals surface area contributed by atoms with Crippen LogP contribution in [0.2, 0.25) is 0 Å². The molecule has 0 rings (SSSR count). The number of esters is 3. The predicted molar refractivity (Wildman–Crippen MR) is 180 cm³/mol. The zero-order valence-corrected chi connectivity index (χ0v) is 31.4. The van der Waals surface area contributed by atoms with E-state index in [1.54, 1.807) is 76.2 Å². The standard InChI is InChI=1S/C35H59N3O11/c1-20(2)22(32(46)38-24(25(39)14-15-27(36)41)19-30(44)49-35(10,11)12)18-26(40)23(13-16-28(42)47-33(4,5)6)37-31(45)21(3)17-29(43)48-34(7,8)9/h20-24H,13-19H2,1-12H3,(H2,36,41)(H,37,45)(H,38,46)/t21-,22-,23-,24-/m0/s1. The van der Waals surface area contributed by atoms with Gasteiger partial charge in [-0.3, -0.25) is 38.4 Å². The lowest BCUT2D eigenvalue weighted by Crippen LogP contribution is -2.49. The van der Waals surface area contributed by atoms with E-state index in [9.17, 15) is 38.4 Å². The monoisotopic (exact) mass is 697 g/mol. The second kappa shape index (κ2) is 19.4. The minimum atomic E-state index is -1.35. The minimum absolute atomic E-state index is 0.141. The van der Waals surface area contributed by atoms with Crippen LogP contribution in [0.25, 0.3) is 0 Å². The summed E-state index contributed by atoms with van der Waals surface area (Å²) in [5, 5.41) is 5.18. The molecular formula is C35H59N3O11. The summed E-state index contributed by atoms with van der Waals surface area (Å²) in [5.74, 6) is -7.56. The van der Waals surface area contributed by atoms with Gasteiger partial charge in [0, 0.05) is 37.5 Å². The highest BCUT2D eigenvalue weighted by Gasteiger charge is 2.34. The molecule has 0 bridgehead atoms. The fraction of sp³-hybridized carbons (Fsp3) is 0.771. The number of amides is 3. The fourth-order valence-corrected chi connectivity index (χ4v) is 4.49. The van der Waals surface area contributed by atoms with Crippen molar-refractivity contribution in [2.24, 2.45) is 23.5 Å². The van der Waals surface area contributed by atoms with E-state index in [1.807, 2.05) is 0 Å². The summed E-state index contributed by atoms with van der Waals surface area (Å²) in [4.78, 5) is 102. The summed E-state index contributed by atoms with van der Waals surface area (Å²) in [6.07, 6.45) is -2.14. The van der Waals surface area contributed by atoms with E-state index < -0.39 is 107 Å². The molecule has 0 unspecified atom stereocenters. The molecule has 0 aliphatic carbocycles.